The van der Waals surface area contributed by atoms with E-state index in [9.17, 15) is 22.8 Å². The van der Waals surface area contributed by atoms with Gasteiger partial charge in [0.2, 0.25) is 0 Å². The van der Waals surface area contributed by atoms with Gasteiger partial charge in [0.1, 0.15) is 5.52 Å². The summed E-state index contributed by atoms with van der Waals surface area (Å²) < 4.78 is 65.9. The number of halogens is 4. The molecule has 0 fully saturated rings. The monoisotopic (exact) mass is 590 g/mol. The highest BCUT2D eigenvalue weighted by Gasteiger charge is 2.41. The normalized spacial score (nSPS) is 11.9. The topological polar surface area (TPSA) is 107 Å². The van der Waals surface area contributed by atoms with Crippen LogP contribution in [0.5, 0.6) is 11.5 Å². The molecule has 0 aliphatic heterocycles. The molecule has 9 nitrogen and oxygen atoms in total. The molecule has 1 amide bonds. The standard InChI is InChI=1S/C30H22F4N6O3/c1-16(2)39-25-24(12-13-35-27(25)38-29(39)42)43-23-11-10-18(14-21(23)31)37-28(41)20-15-36-40(26(20)30(32,33)34)22-9-5-7-17-6-3-4-8-19(17)22/h3-16H,1-2H3,(H,37,41)(H,35,38,42). The lowest BCUT2D eigenvalue weighted by Gasteiger charge is -2.15. The fourth-order valence-corrected chi connectivity index (χ4v) is 4.94. The zero-order valence-electron chi connectivity index (χ0n) is 22.6. The van der Waals surface area contributed by atoms with E-state index in [-0.39, 0.29) is 34.6 Å². The van der Waals surface area contributed by atoms with Gasteiger partial charge in [0, 0.05) is 35.4 Å². The first-order valence-electron chi connectivity index (χ1n) is 13.0. The zero-order valence-corrected chi connectivity index (χ0v) is 22.6. The molecule has 0 unspecified atom stereocenters. The van der Waals surface area contributed by atoms with Gasteiger partial charge in [-0.1, -0.05) is 36.4 Å². The first-order valence-corrected chi connectivity index (χ1v) is 13.0. The number of H-pyrrole nitrogens is 1. The Bertz CT molecular complexity index is 2070. The van der Waals surface area contributed by atoms with Crippen molar-refractivity contribution in [3.05, 3.63) is 107 Å². The second-order valence-electron chi connectivity index (χ2n) is 9.92. The second-order valence-corrected chi connectivity index (χ2v) is 9.92. The number of nitrogens with one attached hydrogen (secondary N) is 2. The van der Waals surface area contributed by atoms with Gasteiger partial charge >= 0.3 is 11.9 Å². The lowest BCUT2D eigenvalue weighted by Crippen LogP contribution is -2.21. The highest BCUT2D eigenvalue weighted by atomic mass is 19.4. The Balaban J connectivity index is 1.31. The van der Waals surface area contributed by atoms with Crippen molar-refractivity contribution in [1.82, 2.24) is 24.3 Å². The van der Waals surface area contributed by atoms with Crippen LogP contribution in [0.25, 0.3) is 27.6 Å². The summed E-state index contributed by atoms with van der Waals surface area (Å²) in [6.45, 7) is 3.58. The van der Waals surface area contributed by atoms with Gasteiger partial charge < -0.3 is 10.1 Å². The van der Waals surface area contributed by atoms with Gasteiger partial charge in [-0.05, 0) is 37.4 Å². The van der Waals surface area contributed by atoms with E-state index >= 15 is 4.39 Å². The summed E-state index contributed by atoms with van der Waals surface area (Å²) in [5.41, 5.74) is -1.79. The van der Waals surface area contributed by atoms with Crippen LogP contribution in [0, 0.1) is 5.82 Å². The number of hydrogen-bond donors (Lipinski definition) is 2. The number of hydrogen-bond acceptors (Lipinski definition) is 5. The van der Waals surface area contributed by atoms with Gasteiger partial charge in [-0.25, -0.2) is 18.9 Å². The van der Waals surface area contributed by atoms with E-state index in [0.29, 0.717) is 21.0 Å². The largest absolute Gasteiger partial charge is 0.452 e. The maximum absolute atomic E-state index is 15.1. The molecule has 0 radical (unpaired) electrons. The molecule has 0 aliphatic rings. The van der Waals surface area contributed by atoms with Gasteiger partial charge in [-0.2, -0.15) is 18.3 Å². The van der Waals surface area contributed by atoms with E-state index in [4.69, 9.17) is 4.74 Å². The van der Waals surface area contributed by atoms with E-state index < -0.39 is 34.8 Å². The maximum atomic E-state index is 15.1. The summed E-state index contributed by atoms with van der Waals surface area (Å²) in [5, 5.41) is 7.43. The van der Waals surface area contributed by atoms with Crippen LogP contribution < -0.4 is 15.7 Å². The third kappa shape index (κ3) is 4.98. The second kappa shape index (κ2) is 10.4. The molecule has 6 rings (SSSR count). The number of imidazole rings is 1. The van der Waals surface area contributed by atoms with Gasteiger partial charge in [-0.15, -0.1) is 0 Å². The molecule has 2 N–H and O–H groups in total. The number of alkyl halides is 3. The van der Waals surface area contributed by atoms with Crippen LogP contribution in [0.3, 0.4) is 0 Å². The predicted molar refractivity (Wildman–Crippen MR) is 151 cm³/mol. The van der Waals surface area contributed by atoms with Crippen LogP contribution in [-0.2, 0) is 6.18 Å². The molecule has 218 valence electrons. The summed E-state index contributed by atoms with van der Waals surface area (Å²) in [5.74, 6) is -2.12. The lowest BCUT2D eigenvalue weighted by atomic mass is 10.1. The van der Waals surface area contributed by atoms with Crippen LogP contribution in [0.4, 0.5) is 23.2 Å². The molecular formula is C30H22F4N6O3. The third-order valence-corrected chi connectivity index (χ3v) is 6.78. The van der Waals surface area contributed by atoms with Gasteiger partial charge in [0.25, 0.3) is 5.91 Å². The highest BCUT2D eigenvalue weighted by molar-refractivity contribution is 6.05. The number of benzene rings is 3. The van der Waals surface area contributed by atoms with Crippen molar-refractivity contribution in [2.24, 2.45) is 0 Å². The number of aromatic nitrogens is 5. The van der Waals surface area contributed by atoms with E-state index in [1.807, 2.05) is 0 Å². The van der Waals surface area contributed by atoms with Crippen molar-refractivity contribution >= 4 is 33.5 Å². The van der Waals surface area contributed by atoms with Crippen LogP contribution in [0.2, 0.25) is 0 Å². The summed E-state index contributed by atoms with van der Waals surface area (Å²) >= 11 is 0. The number of carbonyl (C=O) groups excluding carboxylic acids is 1. The van der Waals surface area contributed by atoms with E-state index in [0.717, 1.165) is 12.3 Å². The van der Waals surface area contributed by atoms with Crippen molar-refractivity contribution in [2.45, 2.75) is 26.1 Å². The molecule has 0 spiro atoms. The van der Waals surface area contributed by atoms with Crippen LogP contribution in [0.15, 0.2) is 83.9 Å². The number of anilines is 1. The van der Waals surface area contributed by atoms with E-state index in [1.165, 1.54) is 35.0 Å². The van der Waals surface area contributed by atoms with Crippen molar-refractivity contribution in [3.63, 3.8) is 0 Å². The number of nitrogens with zero attached hydrogens (tertiary/aromatic N) is 4. The van der Waals surface area contributed by atoms with Gasteiger partial charge in [-0.3, -0.25) is 14.3 Å². The van der Waals surface area contributed by atoms with Crippen LogP contribution >= 0.6 is 0 Å². The van der Waals surface area contributed by atoms with Crippen molar-refractivity contribution < 1.29 is 27.1 Å². The number of ether oxygens (including phenoxy) is 1. The summed E-state index contributed by atoms with van der Waals surface area (Å²) in [6.07, 6.45) is -2.72. The lowest BCUT2D eigenvalue weighted by molar-refractivity contribution is -0.143. The van der Waals surface area contributed by atoms with Crippen LogP contribution in [-0.4, -0.2) is 30.2 Å². The fraction of sp³-hybridized carbons (Fsp3) is 0.133. The summed E-state index contributed by atoms with van der Waals surface area (Å²) in [6, 6.07) is 16.3. The Morgan fingerprint density at radius 3 is 2.53 bits per heavy atom. The minimum atomic E-state index is -4.94. The molecular weight excluding hydrogens is 568 g/mol. The van der Waals surface area contributed by atoms with Gasteiger partial charge in [0.15, 0.2) is 28.7 Å². The molecule has 13 heteroatoms. The number of aromatic amines is 1. The molecule has 0 aliphatic carbocycles. The van der Waals surface area contributed by atoms with E-state index in [1.54, 1.807) is 50.2 Å². The summed E-state index contributed by atoms with van der Waals surface area (Å²) in [4.78, 5) is 32.2. The highest BCUT2D eigenvalue weighted by Crippen LogP contribution is 2.36. The Labute approximate surface area is 240 Å². The number of carbonyl (C=O) groups is 1. The Morgan fingerprint density at radius 1 is 1.02 bits per heavy atom. The van der Waals surface area contributed by atoms with Crippen molar-refractivity contribution in [2.75, 3.05) is 5.32 Å². The predicted octanol–water partition coefficient (Wildman–Crippen LogP) is 6.85. The maximum Gasteiger partial charge on any atom is 0.434 e. The third-order valence-electron chi connectivity index (χ3n) is 6.78. The molecule has 3 heterocycles. The molecule has 0 bridgehead atoms. The number of rotatable bonds is 6. The number of fused-ring (bicyclic) bond motifs is 2. The Kier molecular flexibility index (Phi) is 6.71. The number of amides is 1. The van der Waals surface area contributed by atoms with Crippen molar-refractivity contribution in [3.8, 4) is 17.2 Å². The average molecular weight is 591 g/mol. The van der Waals surface area contributed by atoms with Gasteiger partial charge in [0.05, 0.1) is 17.4 Å². The first kappa shape index (κ1) is 27.7. The molecule has 0 atom stereocenters. The average Bonchev–Trinajstić information content (AvgIpc) is 3.56. The Hall–Kier alpha value is -5.46. The molecule has 43 heavy (non-hydrogen) atoms. The molecule has 0 saturated carbocycles. The molecule has 0 saturated heterocycles. The smallest absolute Gasteiger partial charge is 0.434 e. The number of pyridine rings is 1. The SMILES string of the molecule is CC(C)n1c(=O)[nH]c2nccc(Oc3ccc(NC(=O)c4cnn(-c5cccc6ccccc56)c4C(F)(F)F)cc3F)c21. The van der Waals surface area contributed by atoms with E-state index in [2.05, 4.69) is 20.4 Å². The molecule has 3 aromatic heterocycles. The zero-order chi connectivity index (χ0) is 30.5. The fourth-order valence-electron chi connectivity index (χ4n) is 4.94. The first-order chi connectivity index (χ1) is 20.5. The quantitative estimate of drug-likeness (QED) is 0.207. The minimum Gasteiger partial charge on any atom is -0.452 e. The molecule has 6 aromatic rings. The minimum absolute atomic E-state index is 0.110. The summed E-state index contributed by atoms with van der Waals surface area (Å²) in [7, 11) is 0. The molecule has 3 aromatic carbocycles. The Morgan fingerprint density at radius 2 is 1.79 bits per heavy atom. The van der Waals surface area contributed by atoms with Crippen molar-refractivity contribution in [1.29, 1.82) is 0 Å². The van der Waals surface area contributed by atoms with Crippen LogP contribution in [0.1, 0.15) is 35.9 Å².